The van der Waals surface area contributed by atoms with Crippen molar-refractivity contribution in [2.45, 2.75) is 38.7 Å². The van der Waals surface area contributed by atoms with E-state index in [1.165, 1.54) is 25.7 Å². The highest BCUT2D eigenvalue weighted by atomic mass is 16.5. The lowest BCUT2D eigenvalue weighted by atomic mass is 9.73. The molecule has 1 N–H and O–H groups in total. The minimum absolute atomic E-state index is 0.133. The quantitative estimate of drug-likeness (QED) is 0.843. The van der Waals surface area contributed by atoms with E-state index in [1.807, 2.05) is 23.1 Å². The number of benzene rings is 1. The normalized spacial score (nSPS) is 25.0. The standard InChI is InChI=1S/C17H22BNO3/c20-17(13-6-7-16-15(9-13)11-22-18(16)21)19-8-2-5-14(10-19)12-3-1-4-12/h6-7,9,12,14,21H,1-5,8,10-11H2. The molecule has 1 aromatic rings. The summed E-state index contributed by atoms with van der Waals surface area (Å²) in [5, 5.41) is 9.67. The van der Waals surface area contributed by atoms with Gasteiger partial charge in [0.05, 0.1) is 6.61 Å². The summed E-state index contributed by atoms with van der Waals surface area (Å²) in [5.74, 6) is 1.68. The molecule has 1 atom stereocenters. The van der Waals surface area contributed by atoms with Gasteiger partial charge in [-0.05, 0) is 47.8 Å². The van der Waals surface area contributed by atoms with Gasteiger partial charge in [-0.2, -0.15) is 0 Å². The van der Waals surface area contributed by atoms with Gasteiger partial charge in [0.15, 0.2) is 0 Å². The van der Waals surface area contributed by atoms with E-state index in [2.05, 4.69) is 0 Å². The van der Waals surface area contributed by atoms with Crippen LogP contribution in [-0.4, -0.2) is 36.0 Å². The molecule has 2 fully saturated rings. The van der Waals surface area contributed by atoms with Crippen LogP contribution in [0.2, 0.25) is 0 Å². The summed E-state index contributed by atoms with van der Waals surface area (Å²) in [7, 11) is -0.836. The Balaban J connectivity index is 1.49. The van der Waals surface area contributed by atoms with Gasteiger partial charge in [-0.25, -0.2) is 0 Å². The monoisotopic (exact) mass is 299 g/mol. The lowest BCUT2D eigenvalue weighted by Crippen LogP contribution is -2.43. The summed E-state index contributed by atoms with van der Waals surface area (Å²) in [6.07, 6.45) is 6.46. The van der Waals surface area contributed by atoms with Crippen molar-refractivity contribution in [1.82, 2.24) is 4.90 Å². The van der Waals surface area contributed by atoms with Crippen LogP contribution in [0.5, 0.6) is 0 Å². The van der Waals surface area contributed by atoms with E-state index in [0.717, 1.165) is 42.0 Å². The Kier molecular flexibility index (Phi) is 3.70. The number of rotatable bonds is 2. The zero-order valence-electron chi connectivity index (χ0n) is 12.8. The van der Waals surface area contributed by atoms with Crippen LogP contribution in [0.15, 0.2) is 18.2 Å². The molecule has 4 rings (SSSR count). The summed E-state index contributed by atoms with van der Waals surface area (Å²) in [6, 6.07) is 5.54. The zero-order chi connectivity index (χ0) is 15.1. The Morgan fingerprint density at radius 3 is 2.82 bits per heavy atom. The summed E-state index contributed by atoms with van der Waals surface area (Å²) in [6.45, 7) is 2.18. The third-order valence-electron chi connectivity index (χ3n) is 5.61. The molecule has 4 nitrogen and oxygen atoms in total. The average molecular weight is 299 g/mol. The predicted octanol–water partition coefficient (Wildman–Crippen LogP) is 1.56. The molecule has 2 heterocycles. The molecule has 1 amide bonds. The van der Waals surface area contributed by atoms with Crippen LogP contribution in [0.25, 0.3) is 0 Å². The summed E-state index contributed by atoms with van der Waals surface area (Å²) >= 11 is 0. The van der Waals surface area contributed by atoms with Crippen LogP contribution >= 0.6 is 0 Å². The molecule has 2 aliphatic heterocycles. The van der Waals surface area contributed by atoms with Crippen LogP contribution in [-0.2, 0) is 11.3 Å². The fourth-order valence-electron chi connectivity index (χ4n) is 4.04. The number of piperidine rings is 1. The Morgan fingerprint density at radius 1 is 1.23 bits per heavy atom. The summed E-state index contributed by atoms with van der Waals surface area (Å²) in [4.78, 5) is 14.8. The molecule has 0 spiro atoms. The summed E-state index contributed by atoms with van der Waals surface area (Å²) in [5.41, 5.74) is 2.46. The van der Waals surface area contributed by atoms with Crippen molar-refractivity contribution < 1.29 is 14.5 Å². The van der Waals surface area contributed by atoms with Crippen molar-refractivity contribution in [1.29, 1.82) is 0 Å². The highest BCUT2D eigenvalue weighted by Crippen LogP contribution is 2.38. The van der Waals surface area contributed by atoms with Crippen molar-refractivity contribution in [2.24, 2.45) is 11.8 Å². The van der Waals surface area contributed by atoms with E-state index in [0.29, 0.717) is 12.5 Å². The molecular formula is C17H22BNO3. The second-order valence-electron chi connectivity index (χ2n) is 6.92. The molecule has 1 saturated heterocycles. The first kappa shape index (κ1) is 14.3. The Hall–Kier alpha value is -1.33. The number of fused-ring (bicyclic) bond motifs is 1. The molecule has 0 radical (unpaired) electrons. The van der Waals surface area contributed by atoms with Gasteiger partial charge >= 0.3 is 7.12 Å². The van der Waals surface area contributed by atoms with Crippen LogP contribution in [0.3, 0.4) is 0 Å². The van der Waals surface area contributed by atoms with Crippen LogP contribution in [0.1, 0.15) is 48.0 Å². The third-order valence-corrected chi connectivity index (χ3v) is 5.61. The van der Waals surface area contributed by atoms with Gasteiger partial charge in [-0.1, -0.05) is 25.3 Å². The van der Waals surface area contributed by atoms with Crippen LogP contribution in [0, 0.1) is 11.8 Å². The number of likely N-dealkylation sites (tertiary alicyclic amines) is 1. The Morgan fingerprint density at radius 2 is 2.05 bits per heavy atom. The van der Waals surface area contributed by atoms with E-state index in [1.54, 1.807) is 0 Å². The molecule has 1 saturated carbocycles. The van der Waals surface area contributed by atoms with Gasteiger partial charge in [0.1, 0.15) is 0 Å². The van der Waals surface area contributed by atoms with Gasteiger partial charge in [-0.3, -0.25) is 4.79 Å². The molecule has 5 heteroatoms. The molecule has 1 aromatic carbocycles. The SMILES string of the molecule is O=C(c1ccc2c(c1)COB2O)N1CCCC(C2CCC2)C1. The second kappa shape index (κ2) is 5.71. The smallest absolute Gasteiger partial charge is 0.423 e. The minimum Gasteiger partial charge on any atom is -0.423 e. The van der Waals surface area contributed by atoms with E-state index in [4.69, 9.17) is 4.65 Å². The first-order valence-electron chi connectivity index (χ1n) is 8.44. The second-order valence-corrected chi connectivity index (χ2v) is 6.92. The maximum atomic E-state index is 12.8. The summed E-state index contributed by atoms with van der Waals surface area (Å²) < 4.78 is 5.20. The number of hydrogen-bond donors (Lipinski definition) is 1. The fourth-order valence-corrected chi connectivity index (χ4v) is 4.04. The molecule has 1 aliphatic carbocycles. The van der Waals surface area contributed by atoms with E-state index < -0.39 is 7.12 Å². The molecule has 1 unspecified atom stereocenters. The van der Waals surface area contributed by atoms with E-state index >= 15 is 0 Å². The number of amides is 1. The number of carbonyl (C=O) groups excluding carboxylic acids is 1. The third kappa shape index (κ3) is 2.46. The molecular weight excluding hydrogens is 277 g/mol. The highest BCUT2D eigenvalue weighted by molar-refractivity contribution is 6.61. The average Bonchev–Trinajstić information content (AvgIpc) is 2.86. The number of carbonyl (C=O) groups is 1. The lowest BCUT2D eigenvalue weighted by molar-refractivity contribution is 0.0561. The highest BCUT2D eigenvalue weighted by Gasteiger charge is 2.33. The largest absolute Gasteiger partial charge is 0.491 e. The van der Waals surface area contributed by atoms with E-state index in [9.17, 15) is 9.82 Å². The first-order chi connectivity index (χ1) is 10.7. The minimum atomic E-state index is -0.836. The molecule has 22 heavy (non-hydrogen) atoms. The van der Waals surface area contributed by atoms with Gasteiger partial charge in [0.2, 0.25) is 0 Å². The van der Waals surface area contributed by atoms with Crippen molar-refractivity contribution >= 4 is 18.5 Å². The number of hydrogen-bond acceptors (Lipinski definition) is 3. The lowest BCUT2D eigenvalue weighted by Gasteiger charge is -2.40. The van der Waals surface area contributed by atoms with Crippen LogP contribution in [0.4, 0.5) is 0 Å². The van der Waals surface area contributed by atoms with Crippen LogP contribution < -0.4 is 5.46 Å². The molecule has 116 valence electrons. The Bertz CT molecular complexity index is 587. The number of nitrogens with zero attached hydrogens (tertiary/aromatic N) is 1. The predicted molar refractivity (Wildman–Crippen MR) is 84.8 cm³/mol. The first-order valence-corrected chi connectivity index (χ1v) is 8.44. The molecule has 0 bridgehead atoms. The van der Waals surface area contributed by atoms with Gasteiger partial charge in [0.25, 0.3) is 5.91 Å². The van der Waals surface area contributed by atoms with Crippen molar-refractivity contribution in [3.05, 3.63) is 29.3 Å². The fraction of sp³-hybridized carbons (Fsp3) is 0.588. The van der Waals surface area contributed by atoms with Crippen molar-refractivity contribution in [2.75, 3.05) is 13.1 Å². The maximum absolute atomic E-state index is 12.8. The van der Waals surface area contributed by atoms with Gasteiger partial charge in [0, 0.05) is 18.7 Å². The van der Waals surface area contributed by atoms with Crippen molar-refractivity contribution in [3.8, 4) is 0 Å². The van der Waals surface area contributed by atoms with E-state index in [-0.39, 0.29) is 5.91 Å². The molecule has 0 aromatic heterocycles. The van der Waals surface area contributed by atoms with Gasteiger partial charge in [-0.15, -0.1) is 0 Å². The maximum Gasteiger partial charge on any atom is 0.491 e. The topological polar surface area (TPSA) is 49.8 Å². The Labute approximate surface area is 131 Å². The molecule has 3 aliphatic rings. The van der Waals surface area contributed by atoms with Gasteiger partial charge < -0.3 is 14.6 Å². The zero-order valence-corrected chi connectivity index (χ0v) is 12.8. The van der Waals surface area contributed by atoms with Crippen molar-refractivity contribution in [3.63, 3.8) is 0 Å².